The molecule has 1 amide bonds. The second kappa shape index (κ2) is 8.70. The Labute approximate surface area is 166 Å². The van der Waals surface area contributed by atoms with Crippen molar-refractivity contribution in [1.29, 1.82) is 0 Å². The lowest BCUT2D eigenvalue weighted by Gasteiger charge is -2.10. The van der Waals surface area contributed by atoms with Crippen molar-refractivity contribution in [2.75, 3.05) is 16.6 Å². The first-order chi connectivity index (χ1) is 13.8. The summed E-state index contributed by atoms with van der Waals surface area (Å²) >= 11 is 0. The van der Waals surface area contributed by atoms with Crippen LogP contribution in [0.1, 0.15) is 0 Å². The molecule has 0 saturated heterocycles. The van der Waals surface area contributed by atoms with Gasteiger partial charge in [-0.1, -0.05) is 18.2 Å². The summed E-state index contributed by atoms with van der Waals surface area (Å²) in [4.78, 5) is 11.9. The zero-order valence-electron chi connectivity index (χ0n) is 14.9. The molecular formula is C20H16F2N2O4S. The minimum atomic E-state index is -3.76. The van der Waals surface area contributed by atoms with E-state index in [1.54, 1.807) is 30.3 Å². The smallest absolute Gasteiger partial charge is 0.262 e. The van der Waals surface area contributed by atoms with E-state index in [1.807, 2.05) is 0 Å². The van der Waals surface area contributed by atoms with Crippen molar-refractivity contribution in [3.63, 3.8) is 0 Å². The highest BCUT2D eigenvalue weighted by Crippen LogP contribution is 2.19. The number of sulfonamides is 1. The summed E-state index contributed by atoms with van der Waals surface area (Å²) in [5.41, 5.74) is 0.521. The average Bonchev–Trinajstić information content (AvgIpc) is 2.70. The Bertz CT molecular complexity index is 1110. The number of hydrogen-bond donors (Lipinski definition) is 2. The number of carbonyl (C=O) groups is 1. The van der Waals surface area contributed by atoms with Gasteiger partial charge in [-0.15, -0.1) is 0 Å². The lowest BCUT2D eigenvalue weighted by atomic mass is 10.3. The first-order valence-electron chi connectivity index (χ1n) is 8.39. The van der Waals surface area contributed by atoms with Gasteiger partial charge in [0.2, 0.25) is 0 Å². The molecule has 0 aliphatic carbocycles. The number of anilines is 2. The van der Waals surface area contributed by atoms with Gasteiger partial charge in [-0.05, 0) is 48.5 Å². The molecule has 0 aliphatic rings. The number of carbonyl (C=O) groups excluding carboxylic acids is 1. The Morgan fingerprint density at radius 1 is 0.862 bits per heavy atom. The molecule has 0 fully saturated rings. The SMILES string of the molecule is O=C(COc1ccc(S(=O)(=O)Nc2ccccc2)cc1)Nc1ccc(F)c(F)c1. The van der Waals surface area contributed by atoms with E-state index in [9.17, 15) is 22.0 Å². The predicted molar refractivity (Wildman–Crippen MR) is 104 cm³/mol. The van der Waals surface area contributed by atoms with Crippen molar-refractivity contribution in [3.8, 4) is 5.75 Å². The highest BCUT2D eigenvalue weighted by Gasteiger charge is 2.14. The van der Waals surface area contributed by atoms with Crippen molar-refractivity contribution in [2.24, 2.45) is 0 Å². The third kappa shape index (κ3) is 5.52. The highest BCUT2D eigenvalue weighted by atomic mass is 32.2. The maximum Gasteiger partial charge on any atom is 0.262 e. The number of halogens is 2. The van der Waals surface area contributed by atoms with Crippen molar-refractivity contribution < 1.29 is 26.7 Å². The van der Waals surface area contributed by atoms with E-state index < -0.39 is 34.2 Å². The van der Waals surface area contributed by atoms with Gasteiger partial charge >= 0.3 is 0 Å². The van der Waals surface area contributed by atoms with Crippen LogP contribution in [0.15, 0.2) is 77.7 Å². The zero-order chi connectivity index (χ0) is 20.9. The number of nitrogens with one attached hydrogen (secondary N) is 2. The molecule has 0 spiro atoms. The summed E-state index contributed by atoms with van der Waals surface area (Å²) in [6.45, 7) is -0.395. The van der Waals surface area contributed by atoms with Gasteiger partial charge in [0.15, 0.2) is 18.2 Å². The predicted octanol–water partition coefficient (Wildman–Crippen LogP) is 3.78. The molecule has 0 aromatic heterocycles. The molecule has 3 rings (SSSR count). The second-order valence-electron chi connectivity index (χ2n) is 5.91. The van der Waals surface area contributed by atoms with E-state index in [0.29, 0.717) is 5.69 Å². The van der Waals surface area contributed by atoms with E-state index in [-0.39, 0.29) is 16.3 Å². The molecule has 0 heterocycles. The molecular weight excluding hydrogens is 402 g/mol. The molecule has 0 saturated carbocycles. The van der Waals surface area contributed by atoms with Gasteiger partial charge in [0.25, 0.3) is 15.9 Å². The molecule has 0 aliphatic heterocycles. The Hall–Kier alpha value is -3.46. The largest absolute Gasteiger partial charge is 0.484 e. The maximum absolute atomic E-state index is 13.1. The number of para-hydroxylation sites is 1. The summed E-state index contributed by atoms with van der Waals surface area (Å²) in [6.07, 6.45) is 0. The fourth-order valence-corrected chi connectivity index (χ4v) is 3.41. The van der Waals surface area contributed by atoms with Gasteiger partial charge in [0, 0.05) is 17.4 Å². The summed E-state index contributed by atoms with van der Waals surface area (Å²) < 4.78 is 58.5. The highest BCUT2D eigenvalue weighted by molar-refractivity contribution is 7.92. The Balaban J connectivity index is 1.57. The molecule has 29 heavy (non-hydrogen) atoms. The molecule has 150 valence electrons. The van der Waals surface area contributed by atoms with Crippen LogP contribution in [0.25, 0.3) is 0 Å². The van der Waals surface area contributed by atoms with Crippen molar-refractivity contribution >= 4 is 27.3 Å². The quantitative estimate of drug-likeness (QED) is 0.612. The second-order valence-corrected chi connectivity index (χ2v) is 7.59. The molecule has 6 nitrogen and oxygen atoms in total. The van der Waals surface area contributed by atoms with E-state index in [0.717, 1.165) is 12.1 Å². The number of benzene rings is 3. The fourth-order valence-electron chi connectivity index (χ4n) is 2.36. The summed E-state index contributed by atoms with van der Waals surface area (Å²) in [6, 6.07) is 16.9. The van der Waals surface area contributed by atoms with E-state index in [1.165, 1.54) is 30.3 Å². The van der Waals surface area contributed by atoms with E-state index >= 15 is 0 Å². The maximum atomic E-state index is 13.1. The van der Waals surface area contributed by atoms with Crippen molar-refractivity contribution in [3.05, 3.63) is 84.4 Å². The van der Waals surface area contributed by atoms with Crippen LogP contribution in [0.5, 0.6) is 5.75 Å². The summed E-state index contributed by atoms with van der Waals surface area (Å²) in [5, 5.41) is 2.37. The fraction of sp³-hybridized carbons (Fsp3) is 0.0500. The van der Waals surface area contributed by atoms with Gasteiger partial charge < -0.3 is 10.1 Å². The normalized spacial score (nSPS) is 11.0. The van der Waals surface area contributed by atoms with Gasteiger partial charge in [0.1, 0.15) is 5.75 Å². The topological polar surface area (TPSA) is 84.5 Å². The van der Waals surface area contributed by atoms with Crippen LogP contribution in [0.3, 0.4) is 0 Å². The van der Waals surface area contributed by atoms with Crippen molar-refractivity contribution in [1.82, 2.24) is 0 Å². The molecule has 3 aromatic rings. The minimum Gasteiger partial charge on any atom is -0.484 e. The van der Waals surface area contributed by atoms with E-state index in [2.05, 4.69) is 10.0 Å². The number of hydrogen-bond acceptors (Lipinski definition) is 4. The Kier molecular flexibility index (Phi) is 6.08. The first kappa shape index (κ1) is 20.3. The average molecular weight is 418 g/mol. The number of rotatable bonds is 7. The van der Waals surface area contributed by atoms with Crippen LogP contribution in [0, 0.1) is 11.6 Å². The standard InChI is InChI=1S/C20H16F2N2O4S/c21-18-11-6-15(12-19(18)22)23-20(25)13-28-16-7-9-17(10-8-16)29(26,27)24-14-4-2-1-3-5-14/h1-12,24H,13H2,(H,23,25). The molecule has 2 N–H and O–H groups in total. The Morgan fingerprint density at radius 3 is 2.21 bits per heavy atom. The van der Waals surface area contributed by atoms with Gasteiger partial charge in [-0.2, -0.15) is 0 Å². The molecule has 3 aromatic carbocycles. The van der Waals surface area contributed by atoms with Crippen LogP contribution < -0.4 is 14.8 Å². The van der Waals surface area contributed by atoms with Gasteiger partial charge in [-0.3, -0.25) is 9.52 Å². The molecule has 0 atom stereocenters. The van der Waals surface area contributed by atoms with Crippen LogP contribution in [-0.4, -0.2) is 20.9 Å². The van der Waals surface area contributed by atoms with Gasteiger partial charge in [0.05, 0.1) is 4.90 Å². The van der Waals surface area contributed by atoms with Gasteiger partial charge in [-0.25, -0.2) is 17.2 Å². The zero-order valence-corrected chi connectivity index (χ0v) is 15.7. The summed E-state index contributed by atoms with van der Waals surface area (Å²) in [5.74, 6) is -2.41. The first-order valence-corrected chi connectivity index (χ1v) is 9.87. The third-order valence-corrected chi connectivity index (χ3v) is 5.13. The van der Waals surface area contributed by atoms with Crippen LogP contribution in [-0.2, 0) is 14.8 Å². The van der Waals surface area contributed by atoms with Crippen LogP contribution in [0.4, 0.5) is 20.2 Å². The van der Waals surface area contributed by atoms with E-state index in [4.69, 9.17) is 4.74 Å². The molecule has 9 heteroatoms. The van der Waals surface area contributed by atoms with Crippen LogP contribution >= 0.6 is 0 Å². The molecule has 0 unspecified atom stereocenters. The number of amides is 1. The van der Waals surface area contributed by atoms with Crippen molar-refractivity contribution in [2.45, 2.75) is 4.90 Å². The lowest BCUT2D eigenvalue weighted by molar-refractivity contribution is -0.118. The monoisotopic (exact) mass is 418 g/mol. The molecule has 0 radical (unpaired) electrons. The summed E-state index contributed by atoms with van der Waals surface area (Å²) in [7, 11) is -3.76. The Morgan fingerprint density at radius 2 is 1.55 bits per heavy atom. The third-order valence-electron chi connectivity index (χ3n) is 3.73. The lowest BCUT2D eigenvalue weighted by Crippen LogP contribution is -2.20. The molecule has 0 bridgehead atoms. The minimum absolute atomic E-state index is 0.0277. The van der Waals surface area contributed by atoms with Crippen LogP contribution in [0.2, 0.25) is 0 Å². The number of ether oxygens (including phenoxy) is 1.